The lowest BCUT2D eigenvalue weighted by molar-refractivity contribution is -0.139. The summed E-state index contributed by atoms with van der Waals surface area (Å²) in [4.78, 5) is 36.2. The van der Waals surface area contributed by atoms with Crippen molar-refractivity contribution in [1.29, 1.82) is 0 Å². The number of ether oxygens (including phenoxy) is 1. The number of piperazine rings is 1. The Morgan fingerprint density at radius 2 is 1.92 bits per heavy atom. The first-order chi connectivity index (χ1) is 17.4. The number of furan rings is 1. The Bertz CT molecular complexity index is 1490. The Labute approximate surface area is 217 Å². The predicted octanol–water partition coefficient (Wildman–Crippen LogP) is 2.80. The van der Waals surface area contributed by atoms with Crippen molar-refractivity contribution < 1.29 is 13.9 Å². The summed E-state index contributed by atoms with van der Waals surface area (Å²) in [6.07, 6.45) is 1.74. The Morgan fingerprint density at radius 3 is 2.61 bits per heavy atom. The van der Waals surface area contributed by atoms with Crippen molar-refractivity contribution in [1.82, 2.24) is 9.47 Å². The lowest BCUT2D eigenvalue weighted by Crippen LogP contribution is -2.44. The molecule has 2 aliphatic rings. The van der Waals surface area contributed by atoms with E-state index in [1.807, 2.05) is 24.3 Å². The van der Waals surface area contributed by atoms with E-state index in [2.05, 4.69) is 21.8 Å². The van der Waals surface area contributed by atoms with Crippen molar-refractivity contribution in [2.75, 3.05) is 44.7 Å². The van der Waals surface area contributed by atoms with E-state index in [4.69, 9.17) is 20.8 Å². The summed E-state index contributed by atoms with van der Waals surface area (Å²) in [5.74, 6) is 0.899. The largest absolute Gasteiger partial charge is 0.463 e. The quantitative estimate of drug-likeness (QED) is 0.476. The number of esters is 1. The molecule has 8 nitrogen and oxygen atoms in total. The fourth-order valence-electron chi connectivity index (χ4n) is 4.50. The van der Waals surface area contributed by atoms with Crippen LogP contribution in [0.4, 0.5) is 5.88 Å². The maximum atomic E-state index is 13.7. The van der Waals surface area contributed by atoms with Crippen molar-refractivity contribution in [3.05, 3.63) is 83.7 Å². The molecular formula is C26H27ClN4O4S. The summed E-state index contributed by atoms with van der Waals surface area (Å²) in [5, 5.41) is 0.568. The van der Waals surface area contributed by atoms with Crippen LogP contribution >= 0.6 is 22.9 Å². The van der Waals surface area contributed by atoms with E-state index in [1.165, 1.54) is 11.3 Å². The molecule has 0 bridgehead atoms. The molecule has 5 rings (SSSR count). The summed E-state index contributed by atoms with van der Waals surface area (Å²) in [5.41, 5.74) is 1.37. The van der Waals surface area contributed by atoms with Gasteiger partial charge in [-0.1, -0.05) is 35.1 Å². The average Bonchev–Trinajstić information content (AvgIpc) is 3.44. The molecule has 188 valence electrons. The molecule has 3 aromatic rings. The van der Waals surface area contributed by atoms with Gasteiger partial charge >= 0.3 is 5.97 Å². The number of fused-ring (bicyclic) bond motifs is 1. The molecule has 1 fully saturated rings. The molecule has 2 aromatic heterocycles. The number of thiazole rings is 1. The zero-order valence-corrected chi connectivity index (χ0v) is 21.9. The third-order valence-electron chi connectivity index (χ3n) is 6.40. The zero-order chi connectivity index (χ0) is 25.4. The van der Waals surface area contributed by atoms with Crippen LogP contribution in [0.1, 0.15) is 31.2 Å². The van der Waals surface area contributed by atoms with Gasteiger partial charge < -0.3 is 19.0 Å². The van der Waals surface area contributed by atoms with Gasteiger partial charge in [0.15, 0.2) is 10.7 Å². The highest BCUT2D eigenvalue weighted by molar-refractivity contribution is 7.07. The van der Waals surface area contributed by atoms with E-state index in [9.17, 15) is 9.59 Å². The van der Waals surface area contributed by atoms with Gasteiger partial charge in [-0.25, -0.2) is 9.79 Å². The topological polar surface area (TPSA) is 80.3 Å². The molecule has 0 amide bonds. The number of hydrogen-bond donors (Lipinski definition) is 0. The van der Waals surface area contributed by atoms with Gasteiger partial charge in [-0.3, -0.25) is 9.36 Å². The van der Waals surface area contributed by atoms with Gasteiger partial charge in [0.2, 0.25) is 0 Å². The Morgan fingerprint density at radius 1 is 1.19 bits per heavy atom. The molecule has 1 saturated heterocycles. The molecule has 1 aromatic carbocycles. The normalized spacial score (nSPS) is 18.8. The Kier molecular flexibility index (Phi) is 6.87. The predicted molar refractivity (Wildman–Crippen MR) is 140 cm³/mol. The summed E-state index contributed by atoms with van der Waals surface area (Å²) in [6, 6.07) is 10.3. The van der Waals surface area contributed by atoms with E-state index in [1.54, 1.807) is 36.6 Å². The van der Waals surface area contributed by atoms with Crippen molar-refractivity contribution in [3.63, 3.8) is 0 Å². The first-order valence-electron chi connectivity index (χ1n) is 11.8. The molecule has 0 unspecified atom stereocenters. The Balaban J connectivity index is 1.58. The molecule has 0 spiro atoms. The van der Waals surface area contributed by atoms with Gasteiger partial charge in [0.25, 0.3) is 5.56 Å². The molecule has 36 heavy (non-hydrogen) atoms. The number of carbonyl (C=O) groups is 1. The van der Waals surface area contributed by atoms with Crippen LogP contribution in [0.25, 0.3) is 6.08 Å². The smallest absolute Gasteiger partial charge is 0.338 e. The minimum atomic E-state index is -0.669. The van der Waals surface area contributed by atoms with E-state index < -0.39 is 12.0 Å². The number of allylic oxidation sites excluding steroid dienone is 1. The van der Waals surface area contributed by atoms with Crippen LogP contribution < -0.4 is 19.8 Å². The molecular weight excluding hydrogens is 500 g/mol. The standard InChI is InChI=1S/C26H27ClN4O4S/c1-4-34-25(33)22-16(2)28-26-31(23(22)17-5-7-18(27)8-6-17)24(32)20(36-26)15-19-9-10-21(35-19)30-13-11-29(3)12-14-30/h5-10,15,23H,4,11-14H2,1-3H3/t23-/m1/s1. The number of hydrogen-bond acceptors (Lipinski definition) is 8. The third-order valence-corrected chi connectivity index (χ3v) is 7.64. The number of benzene rings is 1. The second-order valence-corrected chi connectivity index (χ2v) is 10.3. The van der Waals surface area contributed by atoms with Gasteiger partial charge in [-0.15, -0.1) is 0 Å². The van der Waals surface area contributed by atoms with Crippen molar-refractivity contribution in [2.24, 2.45) is 4.99 Å². The number of likely N-dealkylation sites (N-methyl/N-ethyl adjacent to an activating group) is 1. The first kappa shape index (κ1) is 24.5. The van der Waals surface area contributed by atoms with Crippen LogP contribution in [-0.4, -0.2) is 55.3 Å². The van der Waals surface area contributed by atoms with Crippen LogP contribution in [0.2, 0.25) is 5.02 Å². The molecule has 1 atom stereocenters. The summed E-state index contributed by atoms with van der Waals surface area (Å²) >= 11 is 7.38. The van der Waals surface area contributed by atoms with Crippen LogP contribution in [0, 0.1) is 0 Å². The average molecular weight is 527 g/mol. The fraction of sp³-hybridized carbons (Fsp3) is 0.346. The lowest BCUT2D eigenvalue weighted by atomic mass is 9.96. The van der Waals surface area contributed by atoms with Crippen LogP contribution in [0.15, 0.2) is 61.9 Å². The summed E-state index contributed by atoms with van der Waals surface area (Å²) < 4.78 is 13.4. The molecule has 10 heteroatoms. The van der Waals surface area contributed by atoms with Crippen molar-refractivity contribution in [3.8, 4) is 0 Å². The fourth-order valence-corrected chi connectivity index (χ4v) is 5.65. The number of anilines is 1. The highest BCUT2D eigenvalue weighted by Crippen LogP contribution is 2.31. The van der Waals surface area contributed by atoms with Crippen molar-refractivity contribution in [2.45, 2.75) is 19.9 Å². The Hall–Kier alpha value is -3.14. The van der Waals surface area contributed by atoms with Gasteiger partial charge in [0.05, 0.1) is 28.5 Å². The van der Waals surface area contributed by atoms with E-state index in [-0.39, 0.29) is 12.2 Å². The molecule has 4 heterocycles. The number of nitrogens with zero attached hydrogens (tertiary/aromatic N) is 4. The van der Waals surface area contributed by atoms with Gasteiger partial charge in [0.1, 0.15) is 5.76 Å². The number of rotatable bonds is 5. The second-order valence-electron chi connectivity index (χ2n) is 8.82. The number of carbonyl (C=O) groups excluding carboxylic acids is 1. The maximum absolute atomic E-state index is 13.7. The van der Waals surface area contributed by atoms with Gasteiger partial charge in [-0.05, 0) is 44.7 Å². The van der Waals surface area contributed by atoms with E-state index in [0.717, 1.165) is 37.6 Å². The second kappa shape index (κ2) is 10.1. The molecule has 0 radical (unpaired) electrons. The third kappa shape index (κ3) is 4.66. The van der Waals surface area contributed by atoms with Crippen LogP contribution in [0.3, 0.4) is 0 Å². The van der Waals surface area contributed by atoms with E-state index in [0.29, 0.717) is 31.4 Å². The molecule has 0 N–H and O–H groups in total. The monoisotopic (exact) mass is 526 g/mol. The SMILES string of the molecule is CCOC(=O)C1=C(C)N=c2sc(=Cc3ccc(N4CCN(C)CC4)o3)c(=O)n2[C@@H]1c1ccc(Cl)cc1. The highest BCUT2D eigenvalue weighted by atomic mass is 35.5. The van der Waals surface area contributed by atoms with Crippen LogP contribution in [-0.2, 0) is 9.53 Å². The summed E-state index contributed by atoms with van der Waals surface area (Å²) in [6.45, 7) is 7.47. The number of halogens is 1. The lowest BCUT2D eigenvalue weighted by Gasteiger charge is -2.32. The molecule has 2 aliphatic heterocycles. The summed E-state index contributed by atoms with van der Waals surface area (Å²) in [7, 11) is 2.11. The van der Waals surface area contributed by atoms with Gasteiger partial charge in [-0.2, -0.15) is 0 Å². The van der Waals surface area contributed by atoms with Gasteiger partial charge in [0, 0.05) is 43.3 Å². The number of aromatic nitrogens is 1. The zero-order valence-electron chi connectivity index (χ0n) is 20.4. The van der Waals surface area contributed by atoms with Crippen molar-refractivity contribution >= 4 is 40.9 Å². The molecule has 0 aliphatic carbocycles. The minimum Gasteiger partial charge on any atom is -0.463 e. The van der Waals surface area contributed by atoms with Crippen LogP contribution in [0.5, 0.6) is 0 Å². The first-order valence-corrected chi connectivity index (χ1v) is 13.0. The van der Waals surface area contributed by atoms with E-state index >= 15 is 0 Å². The highest BCUT2D eigenvalue weighted by Gasteiger charge is 2.33. The maximum Gasteiger partial charge on any atom is 0.338 e. The minimum absolute atomic E-state index is 0.224. The molecule has 0 saturated carbocycles.